The fraction of sp³-hybridized carbons (Fsp3) is 0.167. The summed E-state index contributed by atoms with van der Waals surface area (Å²) in [4.78, 5) is 33.0. The standard InChI is InChI=1S/C24H20N4O3S/c1-4-13-27-18-8-6-5-7-17(18)19(22(27)29)20-23(30)28-24(32-20)25-21(26-28)15-9-11-16(12-10-15)31-14(2)3/h4-12,14H,1,13H2,2-3H3/b20-19+. The molecule has 0 saturated heterocycles. The van der Waals surface area contributed by atoms with Gasteiger partial charge in [-0.3, -0.25) is 9.59 Å². The van der Waals surface area contributed by atoms with Gasteiger partial charge in [-0.1, -0.05) is 35.6 Å². The molecule has 0 spiro atoms. The maximum Gasteiger partial charge on any atom is 0.291 e. The number of thiazole rings is 1. The lowest BCUT2D eigenvalue weighted by molar-refractivity contribution is -0.112. The molecule has 7 nitrogen and oxygen atoms in total. The lowest BCUT2D eigenvalue weighted by atomic mass is 10.1. The van der Waals surface area contributed by atoms with Crippen LogP contribution in [0.1, 0.15) is 19.4 Å². The molecule has 0 fully saturated rings. The SMILES string of the molecule is C=CCN1C(=O)/C(=c2/sc3nc(-c4ccc(OC(C)C)cc4)nn3c2=O)c2ccccc21. The molecule has 3 heterocycles. The van der Waals surface area contributed by atoms with Gasteiger partial charge in [-0.15, -0.1) is 11.7 Å². The van der Waals surface area contributed by atoms with E-state index in [1.165, 1.54) is 15.9 Å². The molecule has 1 amide bonds. The number of aromatic nitrogens is 3. The zero-order chi connectivity index (χ0) is 22.4. The first-order chi connectivity index (χ1) is 15.5. The van der Waals surface area contributed by atoms with E-state index in [0.29, 0.717) is 27.4 Å². The molecule has 0 saturated carbocycles. The molecule has 1 aliphatic rings. The summed E-state index contributed by atoms with van der Waals surface area (Å²) in [5.41, 5.74) is 2.34. The third kappa shape index (κ3) is 3.20. The minimum Gasteiger partial charge on any atom is -0.491 e. The van der Waals surface area contributed by atoms with Crippen LogP contribution in [0.4, 0.5) is 5.69 Å². The van der Waals surface area contributed by atoms with Crippen molar-refractivity contribution in [2.45, 2.75) is 20.0 Å². The summed E-state index contributed by atoms with van der Waals surface area (Å²) in [7, 11) is 0. The van der Waals surface area contributed by atoms with E-state index in [1.54, 1.807) is 11.0 Å². The van der Waals surface area contributed by atoms with Crippen molar-refractivity contribution >= 4 is 33.5 Å². The second-order valence-corrected chi connectivity index (χ2v) is 8.63. The van der Waals surface area contributed by atoms with Crippen LogP contribution in [-0.4, -0.2) is 33.2 Å². The second-order valence-electron chi connectivity index (χ2n) is 7.65. The van der Waals surface area contributed by atoms with Crippen LogP contribution in [0.25, 0.3) is 21.9 Å². The van der Waals surface area contributed by atoms with Crippen LogP contribution < -0.4 is 19.7 Å². The Labute approximate surface area is 187 Å². The van der Waals surface area contributed by atoms with Gasteiger partial charge in [0.05, 0.1) is 17.4 Å². The lowest BCUT2D eigenvalue weighted by Crippen LogP contribution is -2.32. The van der Waals surface area contributed by atoms with Crippen LogP contribution in [0.3, 0.4) is 0 Å². The second kappa shape index (κ2) is 7.72. The molecule has 0 radical (unpaired) electrons. The Morgan fingerprint density at radius 2 is 1.88 bits per heavy atom. The average molecular weight is 445 g/mol. The molecule has 4 aromatic rings. The van der Waals surface area contributed by atoms with E-state index < -0.39 is 0 Å². The molecule has 2 aromatic carbocycles. The molecular weight excluding hydrogens is 424 g/mol. The van der Waals surface area contributed by atoms with Crippen molar-refractivity contribution in [3.05, 3.63) is 81.6 Å². The molecule has 0 bridgehead atoms. The maximum atomic E-state index is 13.2. The van der Waals surface area contributed by atoms with Gasteiger partial charge in [0.15, 0.2) is 5.82 Å². The Kier molecular flexibility index (Phi) is 4.86. The monoisotopic (exact) mass is 444 g/mol. The van der Waals surface area contributed by atoms with Crippen LogP contribution in [0, 0.1) is 0 Å². The Morgan fingerprint density at radius 3 is 2.56 bits per heavy atom. The number of amides is 1. The quantitative estimate of drug-likeness (QED) is 0.442. The molecule has 5 rings (SSSR count). The molecule has 0 aliphatic carbocycles. The highest BCUT2D eigenvalue weighted by Gasteiger charge is 2.33. The first kappa shape index (κ1) is 20.1. The van der Waals surface area contributed by atoms with Gasteiger partial charge in [0.1, 0.15) is 10.3 Å². The van der Waals surface area contributed by atoms with E-state index >= 15 is 0 Å². The van der Waals surface area contributed by atoms with E-state index in [1.807, 2.05) is 62.4 Å². The molecule has 8 heteroatoms. The number of carbonyl (C=O) groups is 1. The Bertz CT molecular complexity index is 1470. The predicted octanol–water partition coefficient (Wildman–Crippen LogP) is 3.06. The number of hydrogen-bond donors (Lipinski definition) is 0. The van der Waals surface area contributed by atoms with Gasteiger partial charge in [-0.25, -0.2) is 0 Å². The Balaban J connectivity index is 1.61. The zero-order valence-corrected chi connectivity index (χ0v) is 18.4. The number of benzene rings is 2. The summed E-state index contributed by atoms with van der Waals surface area (Å²) in [5.74, 6) is 0.997. The van der Waals surface area contributed by atoms with Crippen LogP contribution in [0.2, 0.25) is 0 Å². The number of carbonyl (C=O) groups excluding carboxylic acids is 1. The minimum atomic E-state index is -0.345. The van der Waals surface area contributed by atoms with Crippen LogP contribution >= 0.6 is 11.3 Å². The predicted molar refractivity (Wildman–Crippen MR) is 125 cm³/mol. The number of hydrogen-bond acceptors (Lipinski definition) is 6. The summed E-state index contributed by atoms with van der Waals surface area (Å²) >= 11 is 1.18. The first-order valence-corrected chi connectivity index (χ1v) is 11.0. The molecule has 160 valence electrons. The lowest BCUT2D eigenvalue weighted by Gasteiger charge is -2.13. The van der Waals surface area contributed by atoms with E-state index in [4.69, 9.17) is 4.74 Å². The van der Waals surface area contributed by atoms with Crippen LogP contribution in [0.15, 0.2) is 66.0 Å². The van der Waals surface area contributed by atoms with E-state index in [0.717, 1.165) is 22.6 Å². The number of fused-ring (bicyclic) bond motifs is 2. The van der Waals surface area contributed by atoms with Crippen molar-refractivity contribution in [1.82, 2.24) is 14.6 Å². The minimum absolute atomic E-state index is 0.0849. The van der Waals surface area contributed by atoms with Crippen molar-refractivity contribution < 1.29 is 9.53 Å². The molecular formula is C24H20N4O3S. The van der Waals surface area contributed by atoms with E-state index in [9.17, 15) is 9.59 Å². The third-order valence-electron chi connectivity index (χ3n) is 5.10. The van der Waals surface area contributed by atoms with E-state index in [-0.39, 0.29) is 17.6 Å². The van der Waals surface area contributed by atoms with Crippen LogP contribution in [0.5, 0.6) is 5.75 Å². The van der Waals surface area contributed by atoms with Crippen molar-refractivity contribution in [3.8, 4) is 17.1 Å². The van der Waals surface area contributed by atoms with Crippen molar-refractivity contribution in [2.24, 2.45) is 0 Å². The number of para-hydroxylation sites is 1. The van der Waals surface area contributed by atoms with Gasteiger partial charge in [-0.2, -0.15) is 9.50 Å². The highest BCUT2D eigenvalue weighted by Crippen LogP contribution is 2.35. The average Bonchev–Trinajstić information content (AvgIpc) is 3.40. The van der Waals surface area contributed by atoms with Crippen LogP contribution in [-0.2, 0) is 4.79 Å². The van der Waals surface area contributed by atoms with Gasteiger partial charge in [0, 0.05) is 17.7 Å². The Hall–Kier alpha value is -3.78. The molecule has 32 heavy (non-hydrogen) atoms. The summed E-state index contributed by atoms with van der Waals surface area (Å²) in [6, 6.07) is 14.9. The Morgan fingerprint density at radius 1 is 1.12 bits per heavy atom. The smallest absolute Gasteiger partial charge is 0.291 e. The highest BCUT2D eigenvalue weighted by atomic mass is 32.1. The number of rotatable bonds is 5. The first-order valence-electron chi connectivity index (χ1n) is 10.2. The van der Waals surface area contributed by atoms with Gasteiger partial charge in [0.2, 0.25) is 4.96 Å². The van der Waals surface area contributed by atoms with Crippen molar-refractivity contribution in [2.75, 3.05) is 11.4 Å². The fourth-order valence-corrected chi connectivity index (χ4v) is 4.77. The maximum absolute atomic E-state index is 13.2. The summed E-state index contributed by atoms with van der Waals surface area (Å²) in [6.45, 7) is 8.04. The topological polar surface area (TPSA) is 76.8 Å². The van der Waals surface area contributed by atoms with Crippen molar-refractivity contribution in [3.63, 3.8) is 0 Å². The zero-order valence-electron chi connectivity index (χ0n) is 17.6. The van der Waals surface area contributed by atoms with Gasteiger partial charge < -0.3 is 9.64 Å². The molecule has 0 unspecified atom stereocenters. The number of anilines is 1. The molecule has 0 atom stereocenters. The normalized spacial score (nSPS) is 15.0. The highest BCUT2D eigenvalue weighted by molar-refractivity contribution is 7.15. The summed E-state index contributed by atoms with van der Waals surface area (Å²) in [5, 5.41) is 4.41. The van der Waals surface area contributed by atoms with Gasteiger partial charge >= 0.3 is 0 Å². The molecule has 1 aliphatic heterocycles. The van der Waals surface area contributed by atoms with Gasteiger partial charge in [0.25, 0.3) is 11.5 Å². The largest absolute Gasteiger partial charge is 0.491 e. The third-order valence-corrected chi connectivity index (χ3v) is 6.13. The molecule has 0 N–H and O–H groups in total. The van der Waals surface area contributed by atoms with E-state index in [2.05, 4.69) is 16.7 Å². The summed E-state index contributed by atoms with van der Waals surface area (Å²) < 4.78 is 7.28. The summed E-state index contributed by atoms with van der Waals surface area (Å²) in [6.07, 6.45) is 1.75. The molecule has 2 aromatic heterocycles. The number of ether oxygens (including phenoxy) is 1. The van der Waals surface area contributed by atoms with Gasteiger partial charge in [-0.05, 0) is 44.2 Å². The fourth-order valence-electron chi connectivity index (χ4n) is 3.77. The number of nitrogens with zero attached hydrogens (tertiary/aromatic N) is 4. The van der Waals surface area contributed by atoms with Crippen molar-refractivity contribution in [1.29, 1.82) is 0 Å².